The van der Waals surface area contributed by atoms with Crippen molar-refractivity contribution in [3.05, 3.63) is 82.0 Å². The molecule has 1 N–H and O–H groups in total. The molecule has 0 saturated carbocycles. The number of nitriles is 1. The van der Waals surface area contributed by atoms with Crippen LogP contribution in [0.25, 0.3) is 4.85 Å². The molecule has 4 amide bonds. The molecule has 39 heavy (non-hydrogen) atoms. The molecule has 0 aliphatic carbocycles. The van der Waals surface area contributed by atoms with Crippen molar-refractivity contribution in [3.63, 3.8) is 0 Å². The number of hydrogen-bond acceptors (Lipinski definition) is 6. The van der Waals surface area contributed by atoms with Crippen LogP contribution in [-0.4, -0.2) is 51.9 Å². The number of amides is 4. The predicted octanol–water partition coefficient (Wildman–Crippen LogP) is 4.47. The van der Waals surface area contributed by atoms with Gasteiger partial charge in [0.15, 0.2) is 9.84 Å². The van der Waals surface area contributed by atoms with Crippen molar-refractivity contribution < 1.29 is 35.9 Å². The molecule has 0 unspecified atom stereocenters. The lowest BCUT2D eigenvalue weighted by atomic mass is 9.97. The Morgan fingerprint density at radius 1 is 1.26 bits per heavy atom. The lowest BCUT2D eigenvalue weighted by Crippen LogP contribution is -2.55. The number of ether oxygens (including phenoxy) is 1. The molecule has 0 spiro atoms. The molecular weight excluding hydrogens is 539 g/mol. The third kappa shape index (κ3) is 5.87. The van der Waals surface area contributed by atoms with Gasteiger partial charge in [-0.2, -0.15) is 18.4 Å². The van der Waals surface area contributed by atoms with E-state index in [4.69, 9.17) is 11.3 Å². The molecule has 2 aromatic carbocycles. The second-order valence-electron chi connectivity index (χ2n) is 8.38. The molecule has 1 aliphatic heterocycles. The van der Waals surface area contributed by atoms with Gasteiger partial charge in [-0.05, 0) is 42.8 Å². The standard InChI is InChI=1S/C25H22F3N5O5S/c1-15-21(30-2)22(19-9-8-16(14-29)12-20(19)39(4,36)37)33(23(34)31-10-11-38-3)24(35)32(15)18-7-5-6-17(13-18)25(26,27)28/h5-9,12-13,22H,10-11H2,1,3-4H3,(H,31,34)/t22-/m1/s1. The third-order valence-electron chi connectivity index (χ3n) is 5.81. The first kappa shape index (κ1) is 29.2. The molecule has 1 atom stereocenters. The van der Waals surface area contributed by atoms with Crippen molar-refractivity contribution in [1.29, 1.82) is 5.26 Å². The summed E-state index contributed by atoms with van der Waals surface area (Å²) in [5, 5.41) is 11.7. The van der Waals surface area contributed by atoms with Gasteiger partial charge in [-0.15, -0.1) is 0 Å². The van der Waals surface area contributed by atoms with Crippen LogP contribution in [0.2, 0.25) is 0 Å². The minimum Gasteiger partial charge on any atom is -0.383 e. The second kappa shape index (κ2) is 11.1. The Labute approximate surface area is 222 Å². The van der Waals surface area contributed by atoms with Gasteiger partial charge in [0.05, 0.1) is 35.3 Å². The summed E-state index contributed by atoms with van der Waals surface area (Å²) >= 11 is 0. The second-order valence-corrected chi connectivity index (χ2v) is 10.4. The zero-order valence-corrected chi connectivity index (χ0v) is 21.7. The molecular formula is C25H22F3N5O5S. The highest BCUT2D eigenvalue weighted by Crippen LogP contribution is 2.43. The van der Waals surface area contributed by atoms with E-state index in [9.17, 15) is 36.4 Å². The smallest absolute Gasteiger partial charge is 0.383 e. The maximum Gasteiger partial charge on any atom is 0.416 e. The van der Waals surface area contributed by atoms with Gasteiger partial charge in [-0.3, -0.25) is 4.90 Å². The van der Waals surface area contributed by atoms with Gasteiger partial charge in [0, 0.05) is 31.3 Å². The van der Waals surface area contributed by atoms with Crippen LogP contribution in [0.4, 0.5) is 28.4 Å². The Morgan fingerprint density at radius 3 is 2.51 bits per heavy atom. The highest BCUT2D eigenvalue weighted by Gasteiger charge is 2.45. The van der Waals surface area contributed by atoms with Gasteiger partial charge in [0.25, 0.3) is 0 Å². The molecule has 0 radical (unpaired) electrons. The van der Waals surface area contributed by atoms with Crippen LogP contribution in [0.5, 0.6) is 0 Å². The van der Waals surface area contributed by atoms with Gasteiger partial charge in [0.1, 0.15) is 6.04 Å². The van der Waals surface area contributed by atoms with E-state index in [0.29, 0.717) is 11.0 Å². The molecule has 0 aromatic heterocycles. The summed E-state index contributed by atoms with van der Waals surface area (Å²) in [7, 11) is -2.67. The summed E-state index contributed by atoms with van der Waals surface area (Å²) in [5.74, 6) is 0. The highest BCUT2D eigenvalue weighted by molar-refractivity contribution is 7.90. The summed E-state index contributed by atoms with van der Waals surface area (Å²) < 4.78 is 70.5. The van der Waals surface area contributed by atoms with Crippen molar-refractivity contribution in [2.45, 2.75) is 24.0 Å². The molecule has 0 bridgehead atoms. The first-order chi connectivity index (χ1) is 18.3. The fourth-order valence-corrected chi connectivity index (χ4v) is 5.00. The van der Waals surface area contributed by atoms with Crippen LogP contribution >= 0.6 is 0 Å². The van der Waals surface area contributed by atoms with Crippen LogP contribution in [-0.2, 0) is 20.8 Å². The number of nitrogens with zero attached hydrogens (tertiary/aromatic N) is 4. The molecule has 0 fully saturated rings. The van der Waals surface area contributed by atoms with E-state index in [-0.39, 0.29) is 41.4 Å². The van der Waals surface area contributed by atoms with E-state index in [2.05, 4.69) is 10.2 Å². The lowest BCUT2D eigenvalue weighted by Gasteiger charge is -2.41. The van der Waals surface area contributed by atoms with Gasteiger partial charge in [-0.1, -0.05) is 12.1 Å². The average Bonchev–Trinajstić information content (AvgIpc) is 2.87. The van der Waals surface area contributed by atoms with Crippen LogP contribution in [0.3, 0.4) is 0 Å². The van der Waals surface area contributed by atoms with Gasteiger partial charge >= 0.3 is 18.2 Å². The largest absolute Gasteiger partial charge is 0.416 e. The molecule has 204 valence electrons. The van der Waals surface area contributed by atoms with Crippen LogP contribution in [0.1, 0.15) is 29.7 Å². The number of urea groups is 2. The number of nitrogens with one attached hydrogen (secondary N) is 1. The van der Waals surface area contributed by atoms with E-state index in [0.717, 1.165) is 29.4 Å². The fraction of sp³-hybridized carbons (Fsp3) is 0.280. The molecule has 1 heterocycles. The highest BCUT2D eigenvalue weighted by atomic mass is 32.2. The summed E-state index contributed by atoms with van der Waals surface area (Å²) in [4.78, 5) is 31.6. The monoisotopic (exact) mass is 561 g/mol. The normalized spacial score (nSPS) is 16.1. The summed E-state index contributed by atoms with van der Waals surface area (Å²) in [6.07, 6.45) is -3.87. The minimum atomic E-state index is -4.73. The number of allylic oxidation sites excluding steroid dienone is 1. The topological polar surface area (TPSA) is 124 Å². The van der Waals surface area contributed by atoms with Crippen molar-refractivity contribution >= 4 is 27.6 Å². The zero-order valence-electron chi connectivity index (χ0n) is 20.9. The van der Waals surface area contributed by atoms with Crippen molar-refractivity contribution in [3.8, 4) is 6.07 Å². The van der Waals surface area contributed by atoms with Crippen LogP contribution in [0.15, 0.2) is 58.8 Å². The molecule has 1 aliphatic rings. The molecule has 2 aromatic rings. The van der Waals surface area contributed by atoms with Gasteiger partial charge < -0.3 is 10.1 Å². The predicted molar refractivity (Wildman–Crippen MR) is 133 cm³/mol. The first-order valence-corrected chi connectivity index (χ1v) is 13.0. The Hall–Kier alpha value is -4.40. The quantitative estimate of drug-likeness (QED) is 0.410. The number of hydrogen-bond donors (Lipinski definition) is 1. The number of methoxy groups -OCH3 is 1. The van der Waals surface area contributed by atoms with E-state index in [1.807, 2.05) is 6.07 Å². The number of benzene rings is 2. The first-order valence-electron chi connectivity index (χ1n) is 11.2. The van der Waals surface area contributed by atoms with E-state index in [1.165, 1.54) is 32.2 Å². The van der Waals surface area contributed by atoms with Crippen molar-refractivity contribution in [2.24, 2.45) is 0 Å². The number of halogens is 3. The van der Waals surface area contributed by atoms with Crippen molar-refractivity contribution in [2.75, 3.05) is 31.4 Å². The van der Waals surface area contributed by atoms with Gasteiger partial charge in [-0.25, -0.2) is 27.8 Å². The average molecular weight is 562 g/mol. The number of sulfone groups is 1. The number of anilines is 1. The van der Waals surface area contributed by atoms with E-state index < -0.39 is 44.6 Å². The van der Waals surface area contributed by atoms with Crippen molar-refractivity contribution in [1.82, 2.24) is 10.2 Å². The van der Waals surface area contributed by atoms with Crippen LogP contribution in [0, 0.1) is 17.9 Å². The minimum absolute atomic E-state index is 0.0203. The van der Waals surface area contributed by atoms with E-state index in [1.54, 1.807) is 0 Å². The fourth-order valence-electron chi connectivity index (χ4n) is 4.05. The number of alkyl halides is 3. The van der Waals surface area contributed by atoms with Gasteiger partial charge in [0.2, 0.25) is 5.70 Å². The summed E-state index contributed by atoms with van der Waals surface area (Å²) in [6.45, 7) is 9.12. The Bertz CT molecular complexity index is 1540. The lowest BCUT2D eigenvalue weighted by molar-refractivity contribution is -0.137. The third-order valence-corrected chi connectivity index (χ3v) is 6.96. The number of carbonyl (C=O) groups is 2. The zero-order chi connectivity index (χ0) is 29.1. The molecule has 3 rings (SSSR count). The van der Waals surface area contributed by atoms with Crippen LogP contribution < -0.4 is 10.2 Å². The maximum atomic E-state index is 13.8. The molecule has 10 nitrogen and oxygen atoms in total. The maximum absolute atomic E-state index is 13.8. The Morgan fingerprint density at radius 2 is 1.95 bits per heavy atom. The Balaban J connectivity index is 2.34. The Kier molecular flexibility index (Phi) is 8.33. The number of rotatable bonds is 6. The summed E-state index contributed by atoms with van der Waals surface area (Å²) in [5.41, 5.74) is -1.87. The molecule has 14 heteroatoms. The molecule has 0 saturated heterocycles. The summed E-state index contributed by atoms with van der Waals surface area (Å²) in [6, 6.07) is 5.43. The van der Waals surface area contributed by atoms with E-state index >= 15 is 0 Å². The number of imide groups is 1. The SMILES string of the molecule is [C-]#[N+]C1=C(C)N(c2cccc(C(F)(F)F)c2)C(=O)N(C(=O)NCCOC)[C@@H]1c1ccc(C#N)cc1S(C)(=O)=O. The number of carbonyl (C=O) groups excluding carboxylic acids is 2.